The predicted octanol–water partition coefficient (Wildman–Crippen LogP) is 2.85. The third-order valence-corrected chi connectivity index (χ3v) is 4.64. The second-order valence-electron chi connectivity index (χ2n) is 5.71. The molecule has 0 N–H and O–H groups in total. The van der Waals surface area contributed by atoms with E-state index in [2.05, 4.69) is 6.07 Å². The number of hydrogen-bond acceptors (Lipinski definition) is 3. The van der Waals surface area contributed by atoms with Crippen molar-refractivity contribution in [1.29, 1.82) is 0 Å². The molecule has 0 saturated carbocycles. The summed E-state index contributed by atoms with van der Waals surface area (Å²) in [5.74, 6) is -0.0965. The van der Waals surface area contributed by atoms with Crippen molar-refractivity contribution in [2.24, 2.45) is 5.41 Å². The van der Waals surface area contributed by atoms with Crippen LogP contribution in [0.25, 0.3) is 5.57 Å². The highest BCUT2D eigenvalue weighted by molar-refractivity contribution is 6.07. The number of rotatable bonds is 1. The fourth-order valence-corrected chi connectivity index (χ4v) is 3.59. The molecule has 2 aliphatic rings. The summed E-state index contributed by atoms with van der Waals surface area (Å²) in [6.07, 6.45) is 4.26. The van der Waals surface area contributed by atoms with E-state index in [9.17, 15) is 9.59 Å². The van der Waals surface area contributed by atoms with Gasteiger partial charge in [-0.25, -0.2) is 0 Å². The zero-order valence-corrected chi connectivity index (χ0v) is 11.9. The van der Waals surface area contributed by atoms with Crippen LogP contribution in [0.5, 0.6) is 0 Å². The van der Waals surface area contributed by atoms with Gasteiger partial charge in [-0.2, -0.15) is 0 Å². The van der Waals surface area contributed by atoms with Crippen LogP contribution < -0.4 is 0 Å². The topological polar surface area (TPSA) is 43.4 Å². The minimum atomic E-state index is -0.623. The van der Waals surface area contributed by atoms with Gasteiger partial charge in [-0.3, -0.25) is 9.59 Å². The SMILES string of the molecule is COC(=O)C12CCC(=O)C=C1c1c(C)cccc1CC2. The first-order valence-electron chi connectivity index (χ1n) is 7.01. The maximum atomic E-state index is 12.4. The molecule has 20 heavy (non-hydrogen) atoms. The van der Waals surface area contributed by atoms with Crippen molar-refractivity contribution in [2.45, 2.75) is 32.6 Å². The molecule has 1 aromatic carbocycles. The number of allylic oxidation sites excluding steroid dienone is 1. The quantitative estimate of drug-likeness (QED) is 0.737. The second-order valence-corrected chi connectivity index (χ2v) is 5.71. The standard InChI is InChI=1S/C17H18O3/c1-11-4-3-5-12-6-8-17(16(19)20-2)9-7-13(18)10-14(17)15(11)12/h3-5,10H,6-9H2,1-2H3. The van der Waals surface area contributed by atoms with Crippen LogP contribution in [0.4, 0.5) is 0 Å². The van der Waals surface area contributed by atoms with Crippen molar-refractivity contribution >= 4 is 17.3 Å². The molecule has 0 saturated heterocycles. The highest BCUT2D eigenvalue weighted by atomic mass is 16.5. The molecule has 0 bridgehead atoms. The predicted molar refractivity (Wildman–Crippen MR) is 76.2 cm³/mol. The first-order chi connectivity index (χ1) is 9.58. The van der Waals surface area contributed by atoms with Crippen LogP contribution in [0.15, 0.2) is 24.3 Å². The van der Waals surface area contributed by atoms with Crippen LogP contribution in [0.2, 0.25) is 0 Å². The van der Waals surface area contributed by atoms with Crippen molar-refractivity contribution in [3.8, 4) is 0 Å². The number of esters is 1. The molecule has 0 spiro atoms. The summed E-state index contributed by atoms with van der Waals surface area (Å²) in [4.78, 5) is 24.2. The Kier molecular flexibility index (Phi) is 3.00. The third kappa shape index (κ3) is 1.73. The molecule has 1 unspecified atom stereocenters. The number of aryl methyl sites for hydroxylation is 2. The number of benzene rings is 1. The molecule has 3 rings (SSSR count). The Morgan fingerprint density at radius 1 is 1.25 bits per heavy atom. The highest BCUT2D eigenvalue weighted by Gasteiger charge is 2.48. The Hall–Kier alpha value is -1.90. The summed E-state index contributed by atoms with van der Waals surface area (Å²) in [7, 11) is 1.43. The van der Waals surface area contributed by atoms with E-state index in [0.29, 0.717) is 12.8 Å². The molecular formula is C17H18O3. The van der Waals surface area contributed by atoms with Crippen molar-refractivity contribution < 1.29 is 14.3 Å². The minimum absolute atomic E-state index is 0.107. The summed E-state index contributed by atoms with van der Waals surface area (Å²) >= 11 is 0. The van der Waals surface area contributed by atoms with E-state index in [0.717, 1.165) is 29.5 Å². The van der Waals surface area contributed by atoms with E-state index in [1.165, 1.54) is 12.7 Å². The number of carbonyl (C=O) groups is 2. The zero-order valence-electron chi connectivity index (χ0n) is 11.9. The van der Waals surface area contributed by atoms with Crippen LogP contribution in [0.3, 0.4) is 0 Å². The summed E-state index contributed by atoms with van der Waals surface area (Å²) < 4.78 is 5.05. The van der Waals surface area contributed by atoms with Crippen molar-refractivity contribution in [1.82, 2.24) is 0 Å². The van der Waals surface area contributed by atoms with Gasteiger partial charge >= 0.3 is 5.97 Å². The van der Waals surface area contributed by atoms with Crippen LogP contribution in [0.1, 0.15) is 36.0 Å². The maximum Gasteiger partial charge on any atom is 0.316 e. The molecule has 2 aliphatic carbocycles. The molecule has 1 atom stereocenters. The van der Waals surface area contributed by atoms with Crippen LogP contribution in [-0.4, -0.2) is 18.9 Å². The molecule has 0 amide bonds. The van der Waals surface area contributed by atoms with Gasteiger partial charge in [0.25, 0.3) is 0 Å². The number of fused-ring (bicyclic) bond motifs is 3. The molecular weight excluding hydrogens is 252 g/mol. The van der Waals surface area contributed by atoms with Crippen LogP contribution in [-0.2, 0) is 20.7 Å². The lowest BCUT2D eigenvalue weighted by Crippen LogP contribution is -2.40. The summed E-state index contributed by atoms with van der Waals surface area (Å²) in [6, 6.07) is 6.15. The highest BCUT2D eigenvalue weighted by Crippen LogP contribution is 2.51. The van der Waals surface area contributed by atoms with E-state index in [1.54, 1.807) is 6.08 Å². The lowest BCUT2D eigenvalue weighted by Gasteiger charge is -2.40. The van der Waals surface area contributed by atoms with E-state index in [4.69, 9.17) is 4.74 Å². The van der Waals surface area contributed by atoms with E-state index >= 15 is 0 Å². The van der Waals surface area contributed by atoms with Crippen molar-refractivity contribution in [3.05, 3.63) is 41.0 Å². The molecule has 1 aromatic rings. The Morgan fingerprint density at radius 2 is 2.00 bits per heavy atom. The smallest absolute Gasteiger partial charge is 0.316 e. The lowest BCUT2D eigenvalue weighted by atomic mass is 9.62. The van der Waals surface area contributed by atoms with E-state index in [1.807, 2.05) is 19.1 Å². The van der Waals surface area contributed by atoms with Crippen molar-refractivity contribution in [3.63, 3.8) is 0 Å². The first kappa shape index (κ1) is 13.1. The van der Waals surface area contributed by atoms with Crippen LogP contribution in [0, 0.1) is 12.3 Å². The number of hydrogen-bond donors (Lipinski definition) is 0. The molecule has 3 nitrogen and oxygen atoms in total. The molecule has 104 valence electrons. The maximum absolute atomic E-state index is 12.4. The Morgan fingerprint density at radius 3 is 2.75 bits per heavy atom. The Labute approximate surface area is 118 Å². The largest absolute Gasteiger partial charge is 0.468 e. The average molecular weight is 270 g/mol. The van der Waals surface area contributed by atoms with Gasteiger partial charge in [-0.15, -0.1) is 0 Å². The van der Waals surface area contributed by atoms with Gasteiger partial charge in [0.15, 0.2) is 5.78 Å². The van der Waals surface area contributed by atoms with Gasteiger partial charge in [-0.1, -0.05) is 18.2 Å². The van der Waals surface area contributed by atoms with Crippen molar-refractivity contribution in [2.75, 3.05) is 7.11 Å². The van der Waals surface area contributed by atoms with Crippen LogP contribution >= 0.6 is 0 Å². The Balaban J connectivity index is 2.25. The fraction of sp³-hybridized carbons (Fsp3) is 0.412. The number of carbonyl (C=O) groups excluding carboxylic acids is 2. The zero-order chi connectivity index (χ0) is 14.3. The third-order valence-electron chi connectivity index (χ3n) is 4.64. The molecule has 0 fully saturated rings. The number of methoxy groups -OCH3 is 1. The molecule has 0 heterocycles. The lowest BCUT2D eigenvalue weighted by molar-refractivity contribution is -0.150. The number of ketones is 1. The molecule has 0 aliphatic heterocycles. The first-order valence-corrected chi connectivity index (χ1v) is 7.01. The fourth-order valence-electron chi connectivity index (χ4n) is 3.59. The summed E-state index contributed by atoms with van der Waals surface area (Å²) in [5, 5.41) is 0. The van der Waals surface area contributed by atoms with E-state index < -0.39 is 5.41 Å². The molecule has 0 radical (unpaired) electrons. The summed E-state index contributed by atoms with van der Waals surface area (Å²) in [5.41, 5.74) is 3.68. The van der Waals surface area contributed by atoms with Gasteiger partial charge in [0.1, 0.15) is 0 Å². The van der Waals surface area contributed by atoms with Gasteiger partial charge in [-0.05, 0) is 54.5 Å². The van der Waals surface area contributed by atoms with Gasteiger partial charge in [0.05, 0.1) is 12.5 Å². The monoisotopic (exact) mass is 270 g/mol. The molecule has 3 heteroatoms. The second kappa shape index (κ2) is 4.58. The molecule has 0 aromatic heterocycles. The minimum Gasteiger partial charge on any atom is -0.468 e. The van der Waals surface area contributed by atoms with Gasteiger partial charge in [0, 0.05) is 6.42 Å². The van der Waals surface area contributed by atoms with E-state index in [-0.39, 0.29) is 11.8 Å². The number of ether oxygens (including phenoxy) is 1. The van der Waals surface area contributed by atoms with Gasteiger partial charge < -0.3 is 4.74 Å². The normalized spacial score (nSPS) is 24.5. The van der Waals surface area contributed by atoms with Gasteiger partial charge in [0.2, 0.25) is 0 Å². The Bertz CT molecular complexity index is 627. The average Bonchev–Trinajstić information content (AvgIpc) is 2.46. The summed E-state index contributed by atoms with van der Waals surface area (Å²) in [6.45, 7) is 2.03.